The summed E-state index contributed by atoms with van der Waals surface area (Å²) < 4.78 is 4.90. The lowest BCUT2D eigenvalue weighted by Gasteiger charge is -2.12. The van der Waals surface area contributed by atoms with E-state index in [2.05, 4.69) is 12.2 Å². The van der Waals surface area contributed by atoms with E-state index in [0.29, 0.717) is 5.92 Å². The maximum absolute atomic E-state index is 5.53. The molecule has 0 rings (SSSR count). The maximum Gasteiger partial charge on any atom is 0.0587 e. The van der Waals surface area contributed by atoms with Crippen molar-refractivity contribution >= 4 is 0 Å². The summed E-state index contributed by atoms with van der Waals surface area (Å²) in [5.41, 5.74) is 5.53. The van der Waals surface area contributed by atoms with E-state index in [9.17, 15) is 0 Å². The molecule has 0 aromatic carbocycles. The van der Waals surface area contributed by atoms with Gasteiger partial charge < -0.3 is 15.8 Å². The van der Waals surface area contributed by atoms with Crippen molar-refractivity contribution in [1.82, 2.24) is 5.32 Å². The topological polar surface area (TPSA) is 47.3 Å². The van der Waals surface area contributed by atoms with Crippen molar-refractivity contribution in [2.24, 2.45) is 11.7 Å². The van der Waals surface area contributed by atoms with Crippen LogP contribution in [0.1, 0.15) is 13.3 Å². The van der Waals surface area contributed by atoms with Gasteiger partial charge in [-0.1, -0.05) is 13.3 Å². The number of hydrogen-bond donors (Lipinski definition) is 2. The van der Waals surface area contributed by atoms with Crippen LogP contribution in [0.2, 0.25) is 0 Å². The molecule has 3 N–H and O–H groups in total. The molecule has 1 unspecified atom stereocenters. The third-order valence-electron chi connectivity index (χ3n) is 1.83. The Morgan fingerprint density at radius 2 is 2.27 bits per heavy atom. The lowest BCUT2D eigenvalue weighted by molar-refractivity contribution is 0.197. The predicted octanol–water partition coefficient (Wildman–Crippen LogP) is 0.207. The Labute approximate surface area is 69.3 Å². The van der Waals surface area contributed by atoms with Crippen molar-refractivity contribution in [1.29, 1.82) is 0 Å². The molecule has 0 aromatic heterocycles. The molecule has 0 amide bonds. The Morgan fingerprint density at radius 3 is 2.73 bits per heavy atom. The van der Waals surface area contributed by atoms with Gasteiger partial charge in [-0.05, 0) is 19.0 Å². The van der Waals surface area contributed by atoms with Crippen LogP contribution in [0.5, 0.6) is 0 Å². The summed E-state index contributed by atoms with van der Waals surface area (Å²) in [5.74, 6) is 0.617. The summed E-state index contributed by atoms with van der Waals surface area (Å²) in [6.45, 7) is 5.65. The summed E-state index contributed by atoms with van der Waals surface area (Å²) in [4.78, 5) is 0. The summed E-state index contributed by atoms with van der Waals surface area (Å²) in [6, 6.07) is 0. The zero-order chi connectivity index (χ0) is 8.53. The van der Waals surface area contributed by atoms with Gasteiger partial charge in [0.25, 0.3) is 0 Å². The number of methoxy groups -OCH3 is 1. The van der Waals surface area contributed by atoms with Crippen LogP contribution in [0.25, 0.3) is 0 Å². The molecule has 0 aromatic rings. The highest BCUT2D eigenvalue weighted by molar-refractivity contribution is 4.60. The second-order valence-corrected chi connectivity index (χ2v) is 2.71. The molecule has 0 radical (unpaired) electrons. The molecule has 0 saturated heterocycles. The highest BCUT2D eigenvalue weighted by Crippen LogP contribution is 1.96. The van der Waals surface area contributed by atoms with Crippen LogP contribution < -0.4 is 11.1 Å². The third kappa shape index (κ3) is 6.28. The van der Waals surface area contributed by atoms with Crippen molar-refractivity contribution in [3.05, 3.63) is 0 Å². The summed E-state index contributed by atoms with van der Waals surface area (Å²) in [7, 11) is 1.71. The molecule has 0 saturated carbocycles. The van der Waals surface area contributed by atoms with Crippen LogP contribution >= 0.6 is 0 Å². The van der Waals surface area contributed by atoms with Gasteiger partial charge in [0, 0.05) is 13.7 Å². The molecule has 3 heteroatoms. The van der Waals surface area contributed by atoms with Gasteiger partial charge in [-0.15, -0.1) is 0 Å². The van der Waals surface area contributed by atoms with Crippen molar-refractivity contribution in [2.75, 3.05) is 33.4 Å². The standard InChI is InChI=1S/C8H20N2O/c1-3-8(6-9)7-10-4-5-11-2/h8,10H,3-7,9H2,1-2H3. The van der Waals surface area contributed by atoms with Crippen molar-refractivity contribution < 1.29 is 4.74 Å². The Bertz CT molecular complexity index is 74.5. The number of ether oxygens (including phenoxy) is 1. The zero-order valence-corrected chi connectivity index (χ0v) is 7.60. The first-order chi connectivity index (χ1) is 5.35. The van der Waals surface area contributed by atoms with Crippen LogP contribution in [0.4, 0.5) is 0 Å². The van der Waals surface area contributed by atoms with Gasteiger partial charge in [-0.3, -0.25) is 0 Å². The van der Waals surface area contributed by atoms with E-state index >= 15 is 0 Å². The smallest absolute Gasteiger partial charge is 0.0587 e. The first-order valence-electron chi connectivity index (χ1n) is 4.24. The van der Waals surface area contributed by atoms with Gasteiger partial charge in [0.15, 0.2) is 0 Å². The van der Waals surface area contributed by atoms with E-state index < -0.39 is 0 Å². The van der Waals surface area contributed by atoms with E-state index in [1.54, 1.807) is 7.11 Å². The number of rotatable bonds is 7. The zero-order valence-electron chi connectivity index (χ0n) is 7.60. The van der Waals surface area contributed by atoms with E-state index in [-0.39, 0.29) is 0 Å². The number of nitrogens with one attached hydrogen (secondary N) is 1. The molecule has 0 aliphatic heterocycles. The molecule has 11 heavy (non-hydrogen) atoms. The molecular weight excluding hydrogens is 140 g/mol. The summed E-state index contributed by atoms with van der Waals surface area (Å²) >= 11 is 0. The fourth-order valence-corrected chi connectivity index (χ4v) is 0.875. The minimum absolute atomic E-state index is 0.617. The lowest BCUT2D eigenvalue weighted by atomic mass is 10.1. The quantitative estimate of drug-likeness (QED) is 0.523. The Kier molecular flexibility index (Phi) is 7.89. The monoisotopic (exact) mass is 160 g/mol. The van der Waals surface area contributed by atoms with Gasteiger partial charge in [0.05, 0.1) is 6.61 Å². The molecule has 0 fully saturated rings. The van der Waals surface area contributed by atoms with Crippen LogP contribution in [-0.2, 0) is 4.74 Å². The fraction of sp³-hybridized carbons (Fsp3) is 1.00. The van der Waals surface area contributed by atoms with E-state index in [0.717, 1.165) is 32.7 Å². The molecule has 0 aliphatic rings. The van der Waals surface area contributed by atoms with Gasteiger partial charge in [0.2, 0.25) is 0 Å². The predicted molar refractivity (Wildman–Crippen MR) is 47.6 cm³/mol. The lowest BCUT2D eigenvalue weighted by Crippen LogP contribution is -2.29. The number of nitrogens with two attached hydrogens (primary N) is 1. The van der Waals surface area contributed by atoms with Crippen molar-refractivity contribution in [3.8, 4) is 0 Å². The first kappa shape index (κ1) is 10.9. The summed E-state index contributed by atoms with van der Waals surface area (Å²) in [6.07, 6.45) is 1.15. The van der Waals surface area contributed by atoms with Crippen molar-refractivity contribution in [3.63, 3.8) is 0 Å². The molecule has 0 spiro atoms. The van der Waals surface area contributed by atoms with E-state index in [1.165, 1.54) is 0 Å². The summed E-state index contributed by atoms with van der Waals surface area (Å²) in [5, 5.41) is 3.28. The van der Waals surface area contributed by atoms with Gasteiger partial charge in [0.1, 0.15) is 0 Å². The van der Waals surface area contributed by atoms with Gasteiger partial charge in [-0.25, -0.2) is 0 Å². The third-order valence-corrected chi connectivity index (χ3v) is 1.83. The average Bonchev–Trinajstić information content (AvgIpc) is 2.05. The highest BCUT2D eigenvalue weighted by Gasteiger charge is 2.00. The SMILES string of the molecule is CCC(CN)CNCCOC. The Hall–Kier alpha value is -0.120. The second-order valence-electron chi connectivity index (χ2n) is 2.71. The largest absolute Gasteiger partial charge is 0.383 e. The highest BCUT2D eigenvalue weighted by atomic mass is 16.5. The molecule has 0 heterocycles. The van der Waals surface area contributed by atoms with Crippen LogP contribution in [0.3, 0.4) is 0 Å². The maximum atomic E-state index is 5.53. The molecule has 0 aliphatic carbocycles. The van der Waals surface area contributed by atoms with Gasteiger partial charge in [-0.2, -0.15) is 0 Å². The molecule has 3 nitrogen and oxygen atoms in total. The van der Waals surface area contributed by atoms with E-state index in [1.807, 2.05) is 0 Å². The van der Waals surface area contributed by atoms with Crippen LogP contribution in [0.15, 0.2) is 0 Å². The van der Waals surface area contributed by atoms with Crippen LogP contribution in [0, 0.1) is 5.92 Å². The minimum atomic E-state index is 0.617. The van der Waals surface area contributed by atoms with Crippen molar-refractivity contribution in [2.45, 2.75) is 13.3 Å². The molecule has 68 valence electrons. The average molecular weight is 160 g/mol. The first-order valence-corrected chi connectivity index (χ1v) is 4.24. The molecular formula is C8H20N2O. The van der Waals surface area contributed by atoms with Gasteiger partial charge >= 0.3 is 0 Å². The molecule has 0 bridgehead atoms. The normalized spacial score (nSPS) is 13.4. The van der Waals surface area contributed by atoms with Crippen LogP contribution in [-0.4, -0.2) is 33.4 Å². The minimum Gasteiger partial charge on any atom is -0.383 e. The molecule has 1 atom stereocenters. The Balaban J connectivity index is 3.07. The second kappa shape index (κ2) is 7.98. The van der Waals surface area contributed by atoms with E-state index in [4.69, 9.17) is 10.5 Å². The fourth-order valence-electron chi connectivity index (χ4n) is 0.875. The Morgan fingerprint density at radius 1 is 1.55 bits per heavy atom. The number of hydrogen-bond acceptors (Lipinski definition) is 3.